The molecule has 1 aromatic carbocycles. The minimum atomic E-state index is -4.44. The molecule has 0 amide bonds. The minimum Gasteiger partial charge on any atom is -0.474 e. The van der Waals surface area contributed by atoms with Crippen molar-refractivity contribution >= 4 is 15.9 Å². The number of alkyl halides is 3. The summed E-state index contributed by atoms with van der Waals surface area (Å²) in [6.45, 7) is 1.69. The molecule has 1 aliphatic heterocycles. The smallest absolute Gasteiger partial charge is 0.416 e. The maximum Gasteiger partial charge on any atom is 0.416 e. The highest BCUT2D eigenvalue weighted by molar-refractivity contribution is 7.89. The van der Waals surface area contributed by atoms with Gasteiger partial charge >= 0.3 is 6.18 Å². The third-order valence-electron chi connectivity index (χ3n) is 7.09. The third kappa shape index (κ3) is 6.19. The van der Waals surface area contributed by atoms with Crippen LogP contribution in [0.2, 0.25) is 0 Å². The summed E-state index contributed by atoms with van der Waals surface area (Å²) in [4.78, 5) is 11.6. The van der Waals surface area contributed by atoms with Crippen molar-refractivity contribution in [2.45, 2.75) is 56.8 Å². The molecular formula is C26H31F3N4O4S. The number of aromatic nitrogens is 2. The van der Waals surface area contributed by atoms with Crippen LogP contribution >= 0.6 is 0 Å². The van der Waals surface area contributed by atoms with Crippen LogP contribution in [-0.2, 0) is 21.0 Å². The van der Waals surface area contributed by atoms with Crippen molar-refractivity contribution in [3.05, 3.63) is 76.4 Å². The molecule has 1 N–H and O–H groups in total. The normalized spacial score (nSPS) is 23.0. The van der Waals surface area contributed by atoms with Gasteiger partial charge in [0.15, 0.2) is 5.88 Å². The van der Waals surface area contributed by atoms with Crippen molar-refractivity contribution < 1.29 is 30.9 Å². The van der Waals surface area contributed by atoms with Gasteiger partial charge in [-0.1, -0.05) is 25.1 Å². The van der Waals surface area contributed by atoms with Crippen LogP contribution in [0.25, 0.3) is 0 Å². The van der Waals surface area contributed by atoms with E-state index in [4.69, 9.17) is 4.74 Å². The summed E-state index contributed by atoms with van der Waals surface area (Å²) < 4.78 is 80.3. The fraction of sp³-hybridized carbons (Fsp3) is 0.462. The van der Waals surface area contributed by atoms with E-state index in [0.717, 1.165) is 6.07 Å². The number of allylic oxidation sites excluding steroid dienone is 2. The van der Waals surface area contributed by atoms with E-state index in [2.05, 4.69) is 9.97 Å². The number of rotatable bonds is 7. The monoisotopic (exact) mass is 552 g/mol. The van der Waals surface area contributed by atoms with Gasteiger partial charge in [-0.3, -0.25) is 9.45 Å². The van der Waals surface area contributed by atoms with Crippen molar-refractivity contribution in [2.24, 2.45) is 0 Å². The van der Waals surface area contributed by atoms with E-state index < -0.39 is 21.9 Å². The van der Waals surface area contributed by atoms with Crippen molar-refractivity contribution in [3.8, 4) is 0 Å². The van der Waals surface area contributed by atoms with E-state index >= 15 is 0 Å². The number of hydrogen-bond acceptors (Lipinski definition) is 7. The van der Waals surface area contributed by atoms with E-state index in [1.807, 2.05) is 25.9 Å². The van der Waals surface area contributed by atoms with Gasteiger partial charge in [-0.05, 0) is 69.5 Å². The molecule has 0 bridgehead atoms. The Balaban J connectivity index is 1.65. The Morgan fingerprint density at radius 2 is 1.97 bits per heavy atom. The highest BCUT2D eigenvalue weighted by atomic mass is 32.2. The van der Waals surface area contributed by atoms with Crippen LogP contribution in [-0.4, -0.2) is 60.6 Å². The highest BCUT2D eigenvalue weighted by Crippen LogP contribution is 2.40. The van der Waals surface area contributed by atoms with Crippen LogP contribution < -0.4 is 4.90 Å². The van der Waals surface area contributed by atoms with Crippen LogP contribution in [0.4, 0.5) is 19.0 Å². The average Bonchev–Trinajstić information content (AvgIpc) is 2.88. The number of likely N-dealkylation sites (N-methyl/N-ethyl adjacent to an activating group) is 1. The van der Waals surface area contributed by atoms with Gasteiger partial charge < -0.3 is 9.64 Å². The number of hydrogen-bond donors (Lipinski definition) is 1. The molecule has 1 saturated carbocycles. The third-order valence-corrected chi connectivity index (χ3v) is 8.00. The van der Waals surface area contributed by atoms with Gasteiger partial charge in [-0.2, -0.15) is 21.6 Å². The van der Waals surface area contributed by atoms with Crippen LogP contribution in [0.5, 0.6) is 0 Å². The molecule has 4 rings (SSSR count). The Bertz CT molecular complexity index is 1310. The largest absolute Gasteiger partial charge is 0.474 e. The quantitative estimate of drug-likeness (QED) is 0.480. The maximum absolute atomic E-state index is 13.3. The second-order valence-corrected chi connectivity index (χ2v) is 11.2. The molecule has 2 aliphatic rings. The molecular weight excluding hydrogens is 521 g/mol. The van der Waals surface area contributed by atoms with E-state index in [1.165, 1.54) is 30.7 Å². The lowest BCUT2D eigenvalue weighted by Crippen LogP contribution is -2.46. The zero-order valence-electron chi connectivity index (χ0n) is 21.4. The molecule has 206 valence electrons. The predicted octanol–water partition coefficient (Wildman–Crippen LogP) is 4.99. The van der Waals surface area contributed by atoms with E-state index in [-0.39, 0.29) is 29.5 Å². The lowest BCUT2D eigenvalue weighted by atomic mass is 9.79. The predicted molar refractivity (Wildman–Crippen MR) is 137 cm³/mol. The minimum absolute atomic E-state index is 0.0699. The summed E-state index contributed by atoms with van der Waals surface area (Å²) in [6, 6.07) is 7.01. The molecule has 2 heterocycles. The summed E-state index contributed by atoms with van der Waals surface area (Å²) in [5.41, 5.74) is 0.580. The standard InChI is InChI=1S/C26H31F3N4O4S/c1-4-17-13-21(38(34,35)36)15-33(24-10-11-30-16-31-24)25(17)37-23-9-8-19(14-22(23)32(2)3)18-6-5-7-20(12-18)26(27,28)29/h5-7,10-13,16,19,22-23H,4,8-9,14-15H2,1-3H3,(H,34,35,36)/t19-,22-,23-/m0/s1. The molecule has 1 aliphatic carbocycles. The summed E-state index contributed by atoms with van der Waals surface area (Å²) in [6.07, 6.45) is 1.82. The molecule has 2 aromatic rings. The zero-order chi connectivity index (χ0) is 27.7. The fourth-order valence-electron chi connectivity index (χ4n) is 5.09. The van der Waals surface area contributed by atoms with Gasteiger partial charge in [0, 0.05) is 17.8 Å². The van der Waals surface area contributed by atoms with Crippen molar-refractivity contribution in [1.29, 1.82) is 0 Å². The van der Waals surface area contributed by atoms with E-state index in [0.29, 0.717) is 48.5 Å². The molecule has 3 atom stereocenters. The molecule has 0 radical (unpaired) electrons. The SMILES string of the molecule is CCC1=C(O[C@H]2CC[C@H](c3cccc(C(F)(F)F)c3)C[C@@H]2N(C)C)N(c2ccncn2)CC(S(=O)(=O)O)=C1. The zero-order valence-corrected chi connectivity index (χ0v) is 22.2. The fourth-order valence-corrected chi connectivity index (χ4v) is 5.68. The van der Waals surface area contributed by atoms with E-state index in [1.54, 1.807) is 17.0 Å². The van der Waals surface area contributed by atoms with Gasteiger partial charge in [0.25, 0.3) is 10.1 Å². The number of benzene rings is 1. The molecule has 8 nitrogen and oxygen atoms in total. The second kappa shape index (κ2) is 11.0. The lowest BCUT2D eigenvalue weighted by Gasteiger charge is -2.42. The molecule has 1 fully saturated rings. The maximum atomic E-state index is 13.3. The van der Waals surface area contributed by atoms with Gasteiger partial charge in [-0.15, -0.1) is 0 Å². The Hall–Kier alpha value is -2.96. The topological polar surface area (TPSA) is 95.9 Å². The Morgan fingerprint density at radius 3 is 2.58 bits per heavy atom. The van der Waals surface area contributed by atoms with E-state index in [9.17, 15) is 26.1 Å². The van der Waals surface area contributed by atoms with Crippen LogP contribution in [0.15, 0.2) is 65.3 Å². The molecule has 0 spiro atoms. The summed E-state index contributed by atoms with van der Waals surface area (Å²) in [5.74, 6) is 0.779. The first-order valence-electron chi connectivity index (χ1n) is 12.3. The summed E-state index contributed by atoms with van der Waals surface area (Å²) >= 11 is 0. The number of anilines is 1. The number of nitrogens with zero attached hydrogens (tertiary/aromatic N) is 4. The first-order chi connectivity index (χ1) is 17.9. The van der Waals surface area contributed by atoms with Gasteiger partial charge in [0.05, 0.1) is 17.0 Å². The highest BCUT2D eigenvalue weighted by Gasteiger charge is 2.38. The summed E-state index contributed by atoms with van der Waals surface area (Å²) in [7, 11) is -0.631. The van der Waals surface area contributed by atoms with Crippen molar-refractivity contribution in [3.63, 3.8) is 0 Å². The molecule has 12 heteroatoms. The average molecular weight is 553 g/mol. The van der Waals surface area contributed by atoms with Crippen LogP contribution in [0.1, 0.15) is 49.7 Å². The van der Waals surface area contributed by atoms with Crippen LogP contribution in [0.3, 0.4) is 0 Å². The molecule has 38 heavy (non-hydrogen) atoms. The first kappa shape index (κ1) is 28.1. The molecule has 0 saturated heterocycles. The van der Waals surface area contributed by atoms with Crippen molar-refractivity contribution in [1.82, 2.24) is 14.9 Å². The van der Waals surface area contributed by atoms with Gasteiger partial charge in [0.1, 0.15) is 18.2 Å². The Morgan fingerprint density at radius 1 is 1.21 bits per heavy atom. The van der Waals surface area contributed by atoms with Gasteiger partial charge in [-0.25, -0.2) is 9.97 Å². The number of halogens is 3. The number of ether oxygens (including phenoxy) is 1. The molecule has 1 aromatic heterocycles. The molecule has 0 unspecified atom stereocenters. The first-order valence-corrected chi connectivity index (χ1v) is 13.8. The van der Waals surface area contributed by atoms with Gasteiger partial charge in [0.2, 0.25) is 0 Å². The second-order valence-electron chi connectivity index (χ2n) is 9.74. The lowest BCUT2D eigenvalue weighted by molar-refractivity contribution is -0.137. The Kier molecular flexibility index (Phi) is 8.15. The van der Waals surface area contributed by atoms with Crippen molar-refractivity contribution in [2.75, 3.05) is 25.5 Å². The van der Waals surface area contributed by atoms with Crippen LogP contribution in [0, 0.1) is 0 Å². The summed E-state index contributed by atoms with van der Waals surface area (Å²) in [5, 5.41) is 0. The Labute approximate surface area is 220 Å².